The number of hydrogen-bond donors (Lipinski definition) is 1. The number of ether oxygens (including phenoxy) is 2. The van der Waals surface area contributed by atoms with E-state index in [9.17, 15) is 4.79 Å². The first-order valence-corrected chi connectivity index (χ1v) is 10.7. The average molecular weight is 429 g/mol. The van der Waals surface area contributed by atoms with Gasteiger partial charge in [-0.2, -0.15) is 0 Å². The maximum atomic E-state index is 13.0. The molecule has 29 heavy (non-hydrogen) atoms. The molecule has 1 aromatic heterocycles. The fourth-order valence-electron chi connectivity index (χ4n) is 3.36. The van der Waals surface area contributed by atoms with Gasteiger partial charge in [0.25, 0.3) is 0 Å². The molecular weight excluding hydrogens is 408 g/mol. The molecule has 1 amide bonds. The van der Waals surface area contributed by atoms with Gasteiger partial charge in [0.15, 0.2) is 16.6 Å². The number of nitrogens with one attached hydrogen (secondary N) is 1. The zero-order chi connectivity index (χ0) is 20.4. The van der Waals surface area contributed by atoms with Gasteiger partial charge in [-0.05, 0) is 41.8 Å². The van der Waals surface area contributed by atoms with Gasteiger partial charge in [0.05, 0.1) is 11.6 Å². The summed E-state index contributed by atoms with van der Waals surface area (Å²) in [5.74, 6) is 1.23. The summed E-state index contributed by atoms with van der Waals surface area (Å²) in [6.45, 7) is 5.16. The SMILES string of the molecule is CC(C)[C@@H](C(=O)Nc1nc(-c2ccc3c(c2)OCCO3)cs1)c1ccc(Cl)cc1. The number of carbonyl (C=O) groups excluding carboxylic acids is 1. The van der Waals surface area contributed by atoms with Crippen LogP contribution in [0.1, 0.15) is 25.3 Å². The number of aromatic nitrogens is 1. The maximum absolute atomic E-state index is 13.0. The fraction of sp³-hybridized carbons (Fsp3) is 0.273. The van der Waals surface area contributed by atoms with Gasteiger partial charge in [0, 0.05) is 16.0 Å². The molecule has 4 rings (SSSR count). The van der Waals surface area contributed by atoms with Crippen molar-refractivity contribution in [3.63, 3.8) is 0 Å². The highest BCUT2D eigenvalue weighted by atomic mass is 35.5. The Bertz CT molecular complexity index is 1020. The molecule has 1 atom stereocenters. The summed E-state index contributed by atoms with van der Waals surface area (Å²) in [5.41, 5.74) is 2.64. The molecule has 0 radical (unpaired) electrons. The molecule has 0 unspecified atom stereocenters. The summed E-state index contributed by atoms with van der Waals surface area (Å²) >= 11 is 7.39. The minimum Gasteiger partial charge on any atom is -0.486 e. The van der Waals surface area contributed by atoms with Gasteiger partial charge in [-0.15, -0.1) is 11.3 Å². The van der Waals surface area contributed by atoms with Crippen LogP contribution in [0.2, 0.25) is 5.02 Å². The second kappa shape index (κ2) is 8.43. The Balaban J connectivity index is 1.52. The van der Waals surface area contributed by atoms with Crippen molar-refractivity contribution >= 4 is 34.0 Å². The highest BCUT2D eigenvalue weighted by molar-refractivity contribution is 7.14. The number of carbonyl (C=O) groups is 1. The Hall–Kier alpha value is -2.57. The van der Waals surface area contributed by atoms with E-state index in [1.807, 2.05) is 61.7 Å². The molecule has 2 heterocycles. The number of halogens is 1. The van der Waals surface area contributed by atoms with Gasteiger partial charge in [0.2, 0.25) is 5.91 Å². The van der Waals surface area contributed by atoms with Crippen LogP contribution in [0.5, 0.6) is 11.5 Å². The molecule has 1 aliphatic rings. The van der Waals surface area contributed by atoms with Crippen molar-refractivity contribution in [3.05, 3.63) is 58.4 Å². The summed E-state index contributed by atoms with van der Waals surface area (Å²) in [4.78, 5) is 17.6. The molecule has 0 spiro atoms. The Morgan fingerprint density at radius 3 is 2.55 bits per heavy atom. The first kappa shape index (κ1) is 19.7. The lowest BCUT2D eigenvalue weighted by atomic mass is 9.88. The molecule has 2 aromatic carbocycles. The van der Waals surface area contributed by atoms with Crippen molar-refractivity contribution < 1.29 is 14.3 Å². The van der Waals surface area contributed by atoms with E-state index in [1.54, 1.807) is 0 Å². The monoisotopic (exact) mass is 428 g/mol. The quantitative estimate of drug-likeness (QED) is 0.573. The summed E-state index contributed by atoms with van der Waals surface area (Å²) < 4.78 is 11.2. The second-order valence-corrected chi connectivity index (χ2v) is 8.45. The second-order valence-electron chi connectivity index (χ2n) is 7.16. The van der Waals surface area contributed by atoms with E-state index in [1.165, 1.54) is 11.3 Å². The van der Waals surface area contributed by atoms with Crippen molar-refractivity contribution in [2.75, 3.05) is 18.5 Å². The molecule has 1 aliphatic heterocycles. The zero-order valence-electron chi connectivity index (χ0n) is 16.1. The minimum atomic E-state index is -0.283. The summed E-state index contributed by atoms with van der Waals surface area (Å²) in [7, 11) is 0. The van der Waals surface area contributed by atoms with Crippen molar-refractivity contribution in [3.8, 4) is 22.8 Å². The van der Waals surface area contributed by atoms with Crippen LogP contribution in [0.15, 0.2) is 47.8 Å². The predicted molar refractivity (Wildman–Crippen MR) is 116 cm³/mol. The van der Waals surface area contributed by atoms with E-state index in [2.05, 4.69) is 10.3 Å². The van der Waals surface area contributed by atoms with Gasteiger partial charge in [-0.1, -0.05) is 37.6 Å². The van der Waals surface area contributed by atoms with Crippen LogP contribution in [0, 0.1) is 5.92 Å². The Kier molecular flexibility index (Phi) is 5.74. The van der Waals surface area contributed by atoms with E-state index < -0.39 is 0 Å². The Morgan fingerprint density at radius 1 is 1.10 bits per heavy atom. The number of rotatable bonds is 5. The highest BCUT2D eigenvalue weighted by Gasteiger charge is 2.25. The number of anilines is 1. The molecule has 5 nitrogen and oxygen atoms in total. The van der Waals surface area contributed by atoms with Crippen LogP contribution in [0.3, 0.4) is 0 Å². The van der Waals surface area contributed by atoms with E-state index in [0.29, 0.717) is 23.4 Å². The zero-order valence-corrected chi connectivity index (χ0v) is 17.7. The summed E-state index contributed by atoms with van der Waals surface area (Å²) in [6.07, 6.45) is 0. The van der Waals surface area contributed by atoms with Crippen LogP contribution in [0.4, 0.5) is 5.13 Å². The molecule has 0 bridgehead atoms. The van der Waals surface area contributed by atoms with Gasteiger partial charge in [-0.25, -0.2) is 4.98 Å². The van der Waals surface area contributed by atoms with Crippen LogP contribution < -0.4 is 14.8 Å². The smallest absolute Gasteiger partial charge is 0.233 e. The lowest BCUT2D eigenvalue weighted by Gasteiger charge is -2.20. The van der Waals surface area contributed by atoms with E-state index >= 15 is 0 Å². The third kappa shape index (κ3) is 4.38. The minimum absolute atomic E-state index is 0.0783. The molecule has 0 fully saturated rings. The van der Waals surface area contributed by atoms with E-state index in [4.69, 9.17) is 21.1 Å². The van der Waals surface area contributed by atoms with Crippen LogP contribution in [-0.2, 0) is 4.79 Å². The number of nitrogens with zero attached hydrogens (tertiary/aromatic N) is 1. The third-order valence-electron chi connectivity index (χ3n) is 4.75. The predicted octanol–water partition coefficient (Wildman–Crippen LogP) is 5.61. The number of thiazole rings is 1. The van der Waals surface area contributed by atoms with E-state index in [0.717, 1.165) is 28.3 Å². The van der Waals surface area contributed by atoms with Crippen molar-refractivity contribution in [1.29, 1.82) is 0 Å². The Labute approximate surface area is 178 Å². The molecule has 7 heteroatoms. The molecule has 150 valence electrons. The van der Waals surface area contributed by atoms with Crippen LogP contribution in [0.25, 0.3) is 11.3 Å². The fourth-order valence-corrected chi connectivity index (χ4v) is 4.21. The topological polar surface area (TPSA) is 60.5 Å². The molecule has 3 aromatic rings. The summed E-state index contributed by atoms with van der Waals surface area (Å²) in [6, 6.07) is 13.2. The molecular formula is C22H21ClN2O3S. The highest BCUT2D eigenvalue weighted by Crippen LogP contribution is 2.36. The maximum Gasteiger partial charge on any atom is 0.233 e. The molecule has 0 aliphatic carbocycles. The first-order valence-electron chi connectivity index (χ1n) is 9.43. The lowest BCUT2D eigenvalue weighted by molar-refractivity contribution is -0.118. The molecule has 0 saturated carbocycles. The Morgan fingerprint density at radius 2 is 1.83 bits per heavy atom. The summed E-state index contributed by atoms with van der Waals surface area (Å²) in [5, 5.41) is 6.12. The molecule has 0 saturated heterocycles. The number of hydrogen-bond acceptors (Lipinski definition) is 5. The van der Waals surface area contributed by atoms with Crippen molar-refractivity contribution in [2.45, 2.75) is 19.8 Å². The largest absolute Gasteiger partial charge is 0.486 e. The van der Waals surface area contributed by atoms with Gasteiger partial charge in [0.1, 0.15) is 13.2 Å². The van der Waals surface area contributed by atoms with Crippen molar-refractivity contribution in [1.82, 2.24) is 4.98 Å². The van der Waals surface area contributed by atoms with Gasteiger partial charge >= 0.3 is 0 Å². The average Bonchev–Trinajstić information content (AvgIpc) is 3.17. The number of fused-ring (bicyclic) bond motifs is 1. The number of benzene rings is 2. The van der Waals surface area contributed by atoms with Crippen molar-refractivity contribution in [2.24, 2.45) is 5.92 Å². The first-order chi connectivity index (χ1) is 14.0. The molecule has 1 N–H and O–H groups in total. The van der Waals surface area contributed by atoms with Crippen LogP contribution in [-0.4, -0.2) is 24.1 Å². The lowest BCUT2D eigenvalue weighted by Crippen LogP contribution is -2.25. The van der Waals surface area contributed by atoms with E-state index in [-0.39, 0.29) is 17.7 Å². The number of amides is 1. The standard InChI is InChI=1S/C22H21ClN2O3S/c1-13(2)20(14-3-6-16(23)7-4-14)21(26)25-22-24-17(12-29-22)15-5-8-18-19(11-15)28-10-9-27-18/h3-8,11-13,20H,9-10H2,1-2H3,(H,24,25,26)/t20-/m1/s1. The van der Waals surface area contributed by atoms with Crippen LogP contribution >= 0.6 is 22.9 Å². The van der Waals surface area contributed by atoms with Gasteiger partial charge in [-0.3, -0.25) is 4.79 Å². The third-order valence-corrected chi connectivity index (χ3v) is 5.76. The van der Waals surface area contributed by atoms with Gasteiger partial charge < -0.3 is 14.8 Å². The normalized spacial score (nSPS) is 13.9.